The van der Waals surface area contributed by atoms with E-state index < -0.39 is 23.3 Å². The number of nitrogens with two attached hydrogens (primary N) is 1. The molecule has 0 aromatic heterocycles. The van der Waals surface area contributed by atoms with Crippen molar-refractivity contribution in [3.05, 3.63) is 64.3 Å². The highest BCUT2D eigenvalue weighted by Crippen LogP contribution is 2.52. The number of rotatable bonds is 5. The lowest BCUT2D eigenvalue weighted by molar-refractivity contribution is -0.148. The van der Waals surface area contributed by atoms with Crippen LogP contribution in [0.25, 0.3) is 0 Å². The molecule has 0 bridgehead atoms. The second-order valence-electron chi connectivity index (χ2n) is 7.14. The molecule has 3 N–H and O–H groups in total. The minimum atomic E-state index is -1.81. The van der Waals surface area contributed by atoms with Gasteiger partial charge in [0, 0.05) is 16.8 Å². The molecule has 9 heteroatoms. The normalized spacial score (nSPS) is 19.4. The number of carbonyl (C=O) groups excluding carboxylic acids is 3. The van der Waals surface area contributed by atoms with Crippen LogP contribution in [0, 0.1) is 18.3 Å². The summed E-state index contributed by atoms with van der Waals surface area (Å²) in [5, 5.41) is 12.6. The van der Waals surface area contributed by atoms with E-state index in [1.165, 1.54) is 13.8 Å². The van der Waals surface area contributed by atoms with Crippen LogP contribution in [0.2, 0.25) is 0 Å². The molecule has 0 saturated carbocycles. The molecule has 160 valence electrons. The van der Waals surface area contributed by atoms with Crippen molar-refractivity contribution in [2.24, 2.45) is 5.73 Å². The summed E-state index contributed by atoms with van der Waals surface area (Å²) in [6.07, 6.45) is 0. The lowest BCUT2D eigenvalue weighted by Gasteiger charge is -2.33. The third kappa shape index (κ3) is 3.32. The molecule has 2 aliphatic heterocycles. The molecule has 9 nitrogen and oxygen atoms in total. The van der Waals surface area contributed by atoms with Gasteiger partial charge in [0.2, 0.25) is 11.8 Å². The monoisotopic (exact) mass is 423 g/mol. The molecule has 1 aromatic rings. The fraction of sp³-hybridized carbons (Fsp3) is 0.273. The first-order valence-electron chi connectivity index (χ1n) is 9.37. The van der Waals surface area contributed by atoms with Crippen LogP contribution in [0.5, 0.6) is 0 Å². The topological polar surface area (TPSA) is 141 Å². The Hall–Kier alpha value is -4.06. The van der Waals surface area contributed by atoms with E-state index in [1.807, 2.05) is 6.07 Å². The summed E-state index contributed by atoms with van der Waals surface area (Å²) < 4.78 is 15.6. The van der Waals surface area contributed by atoms with Crippen molar-refractivity contribution in [3.8, 4) is 6.07 Å². The van der Waals surface area contributed by atoms with Gasteiger partial charge in [0.05, 0.1) is 0 Å². The van der Waals surface area contributed by atoms with Crippen LogP contribution in [0.15, 0.2) is 53.1 Å². The van der Waals surface area contributed by atoms with E-state index in [-0.39, 0.29) is 41.6 Å². The fourth-order valence-corrected chi connectivity index (χ4v) is 3.71. The Morgan fingerprint density at radius 1 is 1.29 bits per heavy atom. The molecule has 0 fully saturated rings. The standard InChI is InChI=1S/C22H21N3O6/c1-11(2)19(26)29-8-9-30-20(27)16-13(4)31-18(24)15(10-23)22(16)14-7-5-6-12(3)17(14)25-21(22)28/h5-7H,1,8-9,24H2,2-4H3,(H,25,28)/t22-/m1/s1. The number of allylic oxidation sites excluding steroid dienone is 1. The molecular weight excluding hydrogens is 402 g/mol. The molecule has 0 saturated heterocycles. The summed E-state index contributed by atoms with van der Waals surface area (Å²) in [6, 6.07) is 7.08. The minimum absolute atomic E-state index is 0.0323. The zero-order valence-electron chi connectivity index (χ0n) is 17.3. The van der Waals surface area contributed by atoms with Gasteiger partial charge in [0.25, 0.3) is 0 Å². The Labute approximate surface area is 178 Å². The lowest BCUT2D eigenvalue weighted by atomic mass is 9.68. The van der Waals surface area contributed by atoms with Gasteiger partial charge in [-0.05, 0) is 26.3 Å². The molecule has 2 aliphatic rings. The Kier molecular flexibility index (Phi) is 5.58. The highest BCUT2D eigenvalue weighted by atomic mass is 16.6. The van der Waals surface area contributed by atoms with Gasteiger partial charge in [-0.2, -0.15) is 5.26 Å². The third-order valence-corrected chi connectivity index (χ3v) is 5.08. The molecule has 31 heavy (non-hydrogen) atoms. The van der Waals surface area contributed by atoms with Crippen LogP contribution < -0.4 is 11.1 Å². The number of hydrogen-bond donors (Lipinski definition) is 2. The van der Waals surface area contributed by atoms with Crippen molar-refractivity contribution < 1.29 is 28.6 Å². The number of aryl methyl sites for hydroxylation is 1. The van der Waals surface area contributed by atoms with E-state index in [9.17, 15) is 19.6 Å². The summed E-state index contributed by atoms with van der Waals surface area (Å²) in [5.41, 5.74) is 5.61. The van der Waals surface area contributed by atoms with Crippen molar-refractivity contribution in [2.45, 2.75) is 26.2 Å². The molecule has 1 spiro atoms. The fourth-order valence-electron chi connectivity index (χ4n) is 3.71. The third-order valence-electron chi connectivity index (χ3n) is 5.08. The van der Waals surface area contributed by atoms with Gasteiger partial charge < -0.3 is 25.3 Å². The maximum atomic E-state index is 13.3. The molecule has 0 unspecified atom stereocenters. The molecule has 1 atom stereocenters. The number of benzene rings is 1. The number of para-hydroxylation sites is 1. The van der Waals surface area contributed by atoms with E-state index >= 15 is 0 Å². The number of nitrogens with zero attached hydrogens (tertiary/aromatic N) is 1. The molecular formula is C22H21N3O6. The molecule has 2 heterocycles. The number of anilines is 1. The number of hydrogen-bond acceptors (Lipinski definition) is 8. The van der Waals surface area contributed by atoms with Crippen molar-refractivity contribution >= 4 is 23.5 Å². The van der Waals surface area contributed by atoms with Gasteiger partial charge in [0.15, 0.2) is 5.41 Å². The van der Waals surface area contributed by atoms with Gasteiger partial charge in [-0.1, -0.05) is 24.8 Å². The molecule has 0 radical (unpaired) electrons. The Morgan fingerprint density at radius 3 is 2.61 bits per heavy atom. The lowest BCUT2D eigenvalue weighted by Crippen LogP contribution is -2.45. The smallest absolute Gasteiger partial charge is 0.339 e. The first kappa shape index (κ1) is 21.6. The number of ether oxygens (including phenoxy) is 3. The second kappa shape index (κ2) is 7.99. The number of amides is 1. The highest BCUT2D eigenvalue weighted by Gasteiger charge is 2.60. The van der Waals surface area contributed by atoms with Crippen molar-refractivity contribution in [1.82, 2.24) is 0 Å². The first-order valence-corrected chi connectivity index (χ1v) is 9.37. The first-order chi connectivity index (χ1) is 14.7. The summed E-state index contributed by atoms with van der Waals surface area (Å²) in [7, 11) is 0. The number of esters is 2. The van der Waals surface area contributed by atoms with Crippen LogP contribution >= 0.6 is 0 Å². The average molecular weight is 423 g/mol. The highest BCUT2D eigenvalue weighted by molar-refractivity contribution is 6.17. The van der Waals surface area contributed by atoms with Crippen molar-refractivity contribution in [1.29, 1.82) is 5.26 Å². The molecule has 0 aliphatic carbocycles. The van der Waals surface area contributed by atoms with Gasteiger partial charge in [-0.15, -0.1) is 0 Å². The summed E-state index contributed by atoms with van der Waals surface area (Å²) in [4.78, 5) is 37.9. The Morgan fingerprint density at radius 2 is 1.97 bits per heavy atom. The number of nitriles is 1. The summed E-state index contributed by atoms with van der Waals surface area (Å²) >= 11 is 0. The van der Waals surface area contributed by atoms with E-state index in [1.54, 1.807) is 25.1 Å². The van der Waals surface area contributed by atoms with Gasteiger partial charge >= 0.3 is 11.9 Å². The van der Waals surface area contributed by atoms with Crippen LogP contribution in [0.4, 0.5) is 5.69 Å². The van der Waals surface area contributed by atoms with Gasteiger partial charge in [0.1, 0.15) is 36.2 Å². The number of carbonyl (C=O) groups is 3. The maximum absolute atomic E-state index is 13.3. The predicted octanol–water partition coefficient (Wildman–Crippen LogP) is 1.85. The second-order valence-corrected chi connectivity index (χ2v) is 7.14. The predicted molar refractivity (Wildman–Crippen MR) is 109 cm³/mol. The van der Waals surface area contributed by atoms with Crippen LogP contribution in [-0.2, 0) is 34.0 Å². The largest absolute Gasteiger partial charge is 0.459 e. The number of nitrogens with one attached hydrogen (secondary N) is 1. The minimum Gasteiger partial charge on any atom is -0.459 e. The van der Waals surface area contributed by atoms with Crippen molar-refractivity contribution in [2.75, 3.05) is 18.5 Å². The van der Waals surface area contributed by atoms with E-state index in [2.05, 4.69) is 11.9 Å². The average Bonchev–Trinajstić information content (AvgIpc) is 2.99. The quantitative estimate of drug-likeness (QED) is 0.415. The van der Waals surface area contributed by atoms with Gasteiger partial charge in [-0.25, -0.2) is 9.59 Å². The molecule has 1 amide bonds. The van der Waals surface area contributed by atoms with Crippen LogP contribution in [-0.4, -0.2) is 31.1 Å². The van der Waals surface area contributed by atoms with Crippen LogP contribution in [0.1, 0.15) is 25.0 Å². The van der Waals surface area contributed by atoms with E-state index in [0.717, 1.165) is 5.56 Å². The van der Waals surface area contributed by atoms with Gasteiger partial charge in [-0.3, -0.25) is 4.79 Å². The van der Waals surface area contributed by atoms with Crippen LogP contribution in [0.3, 0.4) is 0 Å². The van der Waals surface area contributed by atoms with E-state index in [0.29, 0.717) is 11.3 Å². The SMILES string of the molecule is C=C(C)C(=O)OCCOC(=O)C1=C(C)OC(N)=C(C#N)[C@@]12C(=O)Nc1c(C)cccc12. The van der Waals surface area contributed by atoms with E-state index in [4.69, 9.17) is 19.9 Å². The molecule has 3 rings (SSSR count). The Bertz CT molecular complexity index is 1120. The summed E-state index contributed by atoms with van der Waals surface area (Å²) in [6.45, 7) is 7.73. The maximum Gasteiger partial charge on any atom is 0.339 e. The Balaban J connectivity index is 2.03. The zero-order valence-corrected chi connectivity index (χ0v) is 17.3. The number of fused-ring (bicyclic) bond motifs is 2. The van der Waals surface area contributed by atoms with Crippen molar-refractivity contribution in [3.63, 3.8) is 0 Å². The zero-order chi connectivity index (χ0) is 22.9. The molecule has 1 aromatic carbocycles. The summed E-state index contributed by atoms with van der Waals surface area (Å²) in [5.74, 6) is -2.36.